The molecule has 0 spiro atoms. The molecule has 2 aromatic rings. The second-order valence-electron chi connectivity index (χ2n) is 3.97. The summed E-state index contributed by atoms with van der Waals surface area (Å²) < 4.78 is 5.52. The van der Waals surface area contributed by atoms with Crippen LogP contribution in [0.5, 0.6) is 0 Å². The summed E-state index contributed by atoms with van der Waals surface area (Å²) in [6.45, 7) is 2.90. The lowest BCUT2D eigenvalue weighted by Crippen LogP contribution is -2.00. The molecule has 0 aliphatic carbocycles. The van der Waals surface area contributed by atoms with Crippen molar-refractivity contribution < 1.29 is 4.42 Å². The molecule has 2 aromatic heterocycles. The van der Waals surface area contributed by atoms with Gasteiger partial charge >= 0.3 is 0 Å². The second kappa shape index (κ2) is 6.76. The summed E-state index contributed by atoms with van der Waals surface area (Å²) in [7, 11) is 0. The monoisotopic (exact) mass is 273 g/mol. The Morgan fingerprint density at radius 1 is 1.53 bits per heavy atom. The highest BCUT2D eigenvalue weighted by molar-refractivity contribution is 7.10. The van der Waals surface area contributed by atoms with Crippen LogP contribution in [0, 0.1) is 11.3 Å². The van der Waals surface area contributed by atoms with Crippen LogP contribution in [0.25, 0.3) is 12.2 Å². The van der Waals surface area contributed by atoms with Gasteiger partial charge in [0.25, 0.3) is 0 Å². The van der Waals surface area contributed by atoms with Crippen LogP contribution in [-0.4, -0.2) is 11.5 Å². The van der Waals surface area contributed by atoms with Crippen LogP contribution in [0.1, 0.15) is 36.2 Å². The minimum Gasteiger partial charge on any atom is -0.420 e. The van der Waals surface area contributed by atoms with Crippen molar-refractivity contribution in [3.8, 4) is 6.07 Å². The number of nitrogens with one attached hydrogen (secondary N) is 1. The zero-order valence-corrected chi connectivity index (χ0v) is 11.5. The number of rotatable bonds is 6. The molecular formula is C14H15N3OS. The number of anilines is 1. The number of hydrogen-bond donors (Lipinski definition) is 1. The molecule has 0 fully saturated rings. The summed E-state index contributed by atoms with van der Waals surface area (Å²) in [6, 6.07) is 6.03. The summed E-state index contributed by atoms with van der Waals surface area (Å²) in [5, 5.41) is 14.1. The lowest BCUT2D eigenvalue weighted by atomic mass is 10.3. The van der Waals surface area contributed by atoms with Crippen molar-refractivity contribution in [2.45, 2.75) is 19.8 Å². The topological polar surface area (TPSA) is 61.9 Å². The zero-order chi connectivity index (χ0) is 13.5. The lowest BCUT2D eigenvalue weighted by molar-refractivity contribution is 0.556. The first-order valence-electron chi connectivity index (χ1n) is 6.20. The van der Waals surface area contributed by atoms with Gasteiger partial charge < -0.3 is 9.73 Å². The summed E-state index contributed by atoms with van der Waals surface area (Å²) in [5.74, 6) is 0.908. The molecule has 98 valence electrons. The van der Waals surface area contributed by atoms with Gasteiger partial charge in [0.2, 0.25) is 17.5 Å². The zero-order valence-electron chi connectivity index (χ0n) is 10.7. The highest BCUT2D eigenvalue weighted by atomic mass is 32.1. The summed E-state index contributed by atoms with van der Waals surface area (Å²) >= 11 is 1.64. The van der Waals surface area contributed by atoms with Gasteiger partial charge in [0.05, 0.1) is 0 Å². The SMILES string of the molecule is CCCCNc1oc(/C=C/c2cccs2)nc1C#N. The Bertz CT molecular complexity index is 578. The average Bonchev–Trinajstić information content (AvgIpc) is 3.05. The van der Waals surface area contributed by atoms with E-state index in [2.05, 4.69) is 17.2 Å². The van der Waals surface area contributed by atoms with Gasteiger partial charge in [-0.2, -0.15) is 10.2 Å². The molecule has 0 amide bonds. The van der Waals surface area contributed by atoms with Crippen LogP contribution in [-0.2, 0) is 0 Å². The number of thiophene rings is 1. The van der Waals surface area contributed by atoms with Gasteiger partial charge in [0.15, 0.2) is 0 Å². The Morgan fingerprint density at radius 2 is 2.42 bits per heavy atom. The van der Waals surface area contributed by atoms with E-state index in [0.29, 0.717) is 17.5 Å². The quantitative estimate of drug-likeness (QED) is 0.808. The first kappa shape index (κ1) is 13.4. The predicted octanol–water partition coefficient (Wildman–Crippen LogP) is 3.99. The minimum atomic E-state index is 0.307. The largest absolute Gasteiger partial charge is 0.420 e. The van der Waals surface area contributed by atoms with Gasteiger partial charge in [0, 0.05) is 17.5 Å². The maximum Gasteiger partial charge on any atom is 0.232 e. The van der Waals surface area contributed by atoms with E-state index in [9.17, 15) is 0 Å². The van der Waals surface area contributed by atoms with Crippen LogP contribution >= 0.6 is 11.3 Å². The van der Waals surface area contributed by atoms with E-state index in [1.165, 1.54) is 0 Å². The number of oxazole rings is 1. The molecule has 4 nitrogen and oxygen atoms in total. The molecule has 2 rings (SSSR count). The summed E-state index contributed by atoms with van der Waals surface area (Å²) in [5.41, 5.74) is 0.307. The molecule has 0 unspecified atom stereocenters. The molecule has 0 aliphatic heterocycles. The van der Waals surface area contributed by atoms with Crippen molar-refractivity contribution in [1.29, 1.82) is 5.26 Å². The molecular weight excluding hydrogens is 258 g/mol. The van der Waals surface area contributed by atoms with E-state index >= 15 is 0 Å². The van der Waals surface area contributed by atoms with Crippen molar-refractivity contribution in [3.63, 3.8) is 0 Å². The average molecular weight is 273 g/mol. The van der Waals surface area contributed by atoms with E-state index in [1.807, 2.05) is 29.7 Å². The van der Waals surface area contributed by atoms with E-state index in [0.717, 1.165) is 24.3 Å². The number of nitriles is 1. The van der Waals surface area contributed by atoms with Crippen molar-refractivity contribution >= 4 is 29.4 Å². The maximum absolute atomic E-state index is 9.01. The molecule has 0 aliphatic rings. The number of hydrogen-bond acceptors (Lipinski definition) is 5. The highest BCUT2D eigenvalue weighted by Crippen LogP contribution is 2.19. The first-order valence-corrected chi connectivity index (χ1v) is 7.08. The van der Waals surface area contributed by atoms with Gasteiger partial charge in [0.1, 0.15) is 6.07 Å². The van der Waals surface area contributed by atoms with Crippen molar-refractivity contribution in [1.82, 2.24) is 4.98 Å². The van der Waals surface area contributed by atoms with Gasteiger partial charge in [-0.15, -0.1) is 11.3 Å². The number of unbranched alkanes of at least 4 members (excludes halogenated alkanes) is 1. The van der Waals surface area contributed by atoms with E-state index < -0.39 is 0 Å². The molecule has 0 saturated carbocycles. The van der Waals surface area contributed by atoms with Crippen LogP contribution in [0.2, 0.25) is 0 Å². The summed E-state index contributed by atoms with van der Waals surface area (Å²) in [6.07, 6.45) is 5.82. The van der Waals surface area contributed by atoms with Crippen molar-refractivity contribution in [2.75, 3.05) is 11.9 Å². The van der Waals surface area contributed by atoms with Gasteiger partial charge in [-0.25, -0.2) is 0 Å². The third-order valence-electron chi connectivity index (χ3n) is 2.50. The molecule has 2 heterocycles. The van der Waals surface area contributed by atoms with Gasteiger partial charge in [-0.1, -0.05) is 19.4 Å². The molecule has 0 bridgehead atoms. The Hall–Kier alpha value is -2.06. The summed E-state index contributed by atoms with van der Waals surface area (Å²) in [4.78, 5) is 5.26. The Labute approximate surface area is 116 Å². The Morgan fingerprint density at radius 3 is 3.11 bits per heavy atom. The Kier molecular flexibility index (Phi) is 4.76. The predicted molar refractivity (Wildman–Crippen MR) is 77.9 cm³/mol. The fourth-order valence-corrected chi connectivity index (χ4v) is 2.14. The molecule has 0 atom stereocenters. The molecule has 5 heteroatoms. The Balaban J connectivity index is 2.08. The van der Waals surface area contributed by atoms with Crippen molar-refractivity contribution in [2.24, 2.45) is 0 Å². The smallest absolute Gasteiger partial charge is 0.232 e. The van der Waals surface area contributed by atoms with Crippen LogP contribution in [0.15, 0.2) is 21.9 Å². The maximum atomic E-state index is 9.01. The minimum absolute atomic E-state index is 0.307. The highest BCUT2D eigenvalue weighted by Gasteiger charge is 2.10. The van der Waals surface area contributed by atoms with E-state index in [4.69, 9.17) is 9.68 Å². The van der Waals surface area contributed by atoms with E-state index in [1.54, 1.807) is 17.4 Å². The van der Waals surface area contributed by atoms with Crippen LogP contribution in [0.3, 0.4) is 0 Å². The fraction of sp³-hybridized carbons (Fsp3) is 0.286. The second-order valence-corrected chi connectivity index (χ2v) is 4.95. The van der Waals surface area contributed by atoms with Gasteiger partial charge in [-0.3, -0.25) is 0 Å². The molecule has 0 saturated heterocycles. The lowest BCUT2D eigenvalue weighted by Gasteiger charge is -1.99. The van der Waals surface area contributed by atoms with E-state index in [-0.39, 0.29) is 0 Å². The molecule has 0 radical (unpaired) electrons. The normalized spacial score (nSPS) is 10.7. The standard InChI is InChI=1S/C14H15N3OS/c1-2-3-8-16-14-12(10-15)17-13(18-14)7-6-11-5-4-9-19-11/h4-7,9,16H,2-3,8H2,1H3/b7-6+. The third-order valence-corrected chi connectivity index (χ3v) is 3.34. The number of nitrogens with zero attached hydrogens (tertiary/aromatic N) is 2. The molecule has 1 N–H and O–H groups in total. The van der Waals surface area contributed by atoms with Gasteiger partial charge in [-0.05, 0) is 23.9 Å². The fourth-order valence-electron chi connectivity index (χ4n) is 1.52. The molecule has 19 heavy (non-hydrogen) atoms. The van der Waals surface area contributed by atoms with Crippen LogP contribution < -0.4 is 5.32 Å². The third kappa shape index (κ3) is 3.70. The number of aromatic nitrogens is 1. The van der Waals surface area contributed by atoms with Crippen LogP contribution in [0.4, 0.5) is 5.88 Å². The first-order chi connectivity index (χ1) is 9.33. The van der Waals surface area contributed by atoms with Crippen molar-refractivity contribution in [3.05, 3.63) is 34.0 Å². The molecule has 0 aromatic carbocycles.